The van der Waals surface area contributed by atoms with Crippen LogP contribution in [-0.4, -0.2) is 116 Å². The summed E-state index contributed by atoms with van der Waals surface area (Å²) in [5, 5.41) is 82.7. The second-order valence-corrected chi connectivity index (χ2v) is 10.5. The third-order valence-electron chi connectivity index (χ3n) is 7.46. The molecule has 1 aromatic heterocycles. The van der Waals surface area contributed by atoms with Crippen molar-refractivity contribution in [2.75, 3.05) is 20.3 Å². The van der Waals surface area contributed by atoms with Gasteiger partial charge in [0.1, 0.15) is 64.3 Å². The molecular weight excluding hydrogens is 576 g/mol. The molecule has 43 heavy (non-hydrogen) atoms. The van der Waals surface area contributed by atoms with Gasteiger partial charge in [-0.25, -0.2) is 0 Å². The van der Waals surface area contributed by atoms with Crippen LogP contribution in [0.2, 0.25) is 0 Å². The predicted octanol–water partition coefficient (Wildman–Crippen LogP) is -1.09. The molecule has 15 nitrogen and oxygen atoms in total. The second kappa shape index (κ2) is 11.9. The summed E-state index contributed by atoms with van der Waals surface area (Å²) in [4.78, 5) is 12.8. The summed E-state index contributed by atoms with van der Waals surface area (Å²) in [6, 6.07) is 7.82. The average molecular weight is 609 g/mol. The molecule has 2 aliphatic rings. The first-order chi connectivity index (χ1) is 20.3. The highest BCUT2D eigenvalue weighted by Crippen LogP contribution is 2.36. The fraction of sp³-hybridized carbons (Fsp3) is 0.464. The summed E-state index contributed by atoms with van der Waals surface area (Å²) in [5.74, 6) is -0.553. The Morgan fingerprint density at radius 1 is 0.930 bits per heavy atom. The van der Waals surface area contributed by atoms with Gasteiger partial charge in [-0.1, -0.05) is 0 Å². The molecule has 8 N–H and O–H groups in total. The van der Waals surface area contributed by atoms with Gasteiger partial charge in [0.05, 0.1) is 26.4 Å². The molecule has 15 heteroatoms. The lowest BCUT2D eigenvalue weighted by Gasteiger charge is -2.44. The minimum Gasteiger partial charge on any atom is -0.507 e. The molecule has 0 radical (unpaired) electrons. The number of phenols is 2. The summed E-state index contributed by atoms with van der Waals surface area (Å²) in [7, 11) is 1.38. The maximum absolute atomic E-state index is 12.8. The van der Waals surface area contributed by atoms with Gasteiger partial charge in [-0.3, -0.25) is 4.79 Å². The van der Waals surface area contributed by atoms with E-state index in [2.05, 4.69) is 0 Å². The van der Waals surface area contributed by atoms with Crippen molar-refractivity contribution in [1.82, 2.24) is 0 Å². The quantitative estimate of drug-likeness (QED) is 0.159. The summed E-state index contributed by atoms with van der Waals surface area (Å²) in [6.45, 7) is 0.107. The van der Waals surface area contributed by atoms with E-state index in [9.17, 15) is 45.6 Å². The highest BCUT2D eigenvalue weighted by Gasteiger charge is 2.51. The van der Waals surface area contributed by atoms with Crippen molar-refractivity contribution in [3.05, 3.63) is 46.6 Å². The normalized spacial score (nSPS) is 32.9. The number of hydrogen-bond donors (Lipinski definition) is 8. The first-order valence-corrected chi connectivity index (χ1v) is 13.2. The minimum atomic E-state index is -2.20. The van der Waals surface area contributed by atoms with Gasteiger partial charge in [0, 0.05) is 23.8 Å². The Balaban J connectivity index is 1.31. The minimum absolute atomic E-state index is 0.0601. The summed E-state index contributed by atoms with van der Waals surface area (Å²) < 4.78 is 32.6. The van der Waals surface area contributed by atoms with Crippen LogP contribution < -0.4 is 14.9 Å². The maximum atomic E-state index is 12.8. The fourth-order valence-corrected chi connectivity index (χ4v) is 4.92. The standard InChI is InChI=1S/C28H32O15/c1-11-21(32)22(33)23(34)26(41-11)39-9-28(37)10-40-27(24(35)25(28)36)42-13-6-15(30)20-16(31)8-18(43-19(20)7-13)12-3-4-17(38-2)14(29)5-12/h3-8,11,21-27,29-30,32-37H,9-10H2,1-2H3/t11?,21-,22-,23?,24?,25-,26+,27-,28+/m0/s1. The highest BCUT2D eigenvalue weighted by atomic mass is 16.7. The number of benzene rings is 2. The number of ether oxygens (including phenoxy) is 5. The van der Waals surface area contributed by atoms with Crippen LogP contribution in [0.25, 0.3) is 22.3 Å². The van der Waals surface area contributed by atoms with Crippen LogP contribution in [0.5, 0.6) is 23.0 Å². The Hall–Kier alpha value is -3.51. The first kappa shape index (κ1) is 30.9. The summed E-state index contributed by atoms with van der Waals surface area (Å²) in [5.41, 5.74) is -2.56. The van der Waals surface area contributed by atoms with E-state index in [0.29, 0.717) is 5.56 Å². The number of methoxy groups -OCH3 is 1. The van der Waals surface area contributed by atoms with Crippen LogP contribution in [0.1, 0.15) is 6.92 Å². The molecule has 2 fully saturated rings. The van der Waals surface area contributed by atoms with E-state index in [4.69, 9.17) is 28.1 Å². The Bertz CT molecular complexity index is 1520. The van der Waals surface area contributed by atoms with Gasteiger partial charge in [0.15, 0.2) is 23.2 Å². The van der Waals surface area contributed by atoms with Gasteiger partial charge < -0.3 is 69.0 Å². The van der Waals surface area contributed by atoms with E-state index >= 15 is 0 Å². The zero-order chi connectivity index (χ0) is 31.2. The third kappa shape index (κ3) is 5.86. The van der Waals surface area contributed by atoms with E-state index < -0.39 is 79.2 Å². The van der Waals surface area contributed by atoms with Crippen molar-refractivity contribution in [3.63, 3.8) is 0 Å². The van der Waals surface area contributed by atoms with Crippen LogP contribution in [0.3, 0.4) is 0 Å². The largest absolute Gasteiger partial charge is 0.507 e. The van der Waals surface area contributed by atoms with Crippen LogP contribution in [0.4, 0.5) is 0 Å². The van der Waals surface area contributed by atoms with Crippen molar-refractivity contribution in [2.45, 2.75) is 61.7 Å². The molecular formula is C28H32O15. The van der Waals surface area contributed by atoms with Gasteiger partial charge in [-0.15, -0.1) is 0 Å². The molecule has 0 bridgehead atoms. The molecule has 9 atom stereocenters. The Morgan fingerprint density at radius 3 is 2.37 bits per heavy atom. The number of aromatic hydroxyl groups is 2. The van der Waals surface area contributed by atoms with Gasteiger partial charge in [0.2, 0.25) is 6.29 Å². The number of rotatable bonds is 7. The summed E-state index contributed by atoms with van der Waals surface area (Å²) in [6.07, 6.45) is -12.3. The van der Waals surface area contributed by atoms with Crippen LogP contribution >= 0.6 is 0 Å². The number of fused-ring (bicyclic) bond motifs is 1. The highest BCUT2D eigenvalue weighted by molar-refractivity contribution is 5.86. The summed E-state index contributed by atoms with van der Waals surface area (Å²) >= 11 is 0. The van der Waals surface area contributed by atoms with Crippen molar-refractivity contribution >= 4 is 11.0 Å². The monoisotopic (exact) mass is 608 g/mol. The number of aliphatic hydroxyl groups excluding tert-OH is 5. The van der Waals surface area contributed by atoms with Crippen LogP contribution in [-0.2, 0) is 14.2 Å². The molecule has 234 valence electrons. The molecule has 5 rings (SSSR count). The van der Waals surface area contributed by atoms with E-state index in [-0.39, 0.29) is 34.0 Å². The molecule has 2 aliphatic heterocycles. The predicted molar refractivity (Wildman–Crippen MR) is 143 cm³/mol. The molecule has 0 saturated carbocycles. The number of hydrogen-bond acceptors (Lipinski definition) is 15. The van der Waals surface area contributed by atoms with Crippen molar-refractivity contribution in [1.29, 1.82) is 0 Å². The molecule has 0 spiro atoms. The third-order valence-corrected chi connectivity index (χ3v) is 7.46. The zero-order valence-electron chi connectivity index (χ0n) is 22.9. The van der Waals surface area contributed by atoms with Crippen molar-refractivity contribution in [2.24, 2.45) is 0 Å². The Kier molecular flexibility index (Phi) is 8.54. The van der Waals surface area contributed by atoms with E-state index in [1.54, 1.807) is 6.07 Å². The molecule has 2 saturated heterocycles. The van der Waals surface area contributed by atoms with Crippen molar-refractivity contribution in [3.8, 4) is 34.3 Å². The van der Waals surface area contributed by atoms with Crippen molar-refractivity contribution < 1.29 is 69.0 Å². The van der Waals surface area contributed by atoms with Crippen LogP contribution in [0.15, 0.2) is 45.6 Å². The average Bonchev–Trinajstić information content (AvgIpc) is 2.97. The smallest absolute Gasteiger partial charge is 0.228 e. The van der Waals surface area contributed by atoms with E-state index in [0.717, 1.165) is 12.1 Å². The molecule has 3 aromatic rings. The fourth-order valence-electron chi connectivity index (χ4n) is 4.92. The molecule has 0 amide bonds. The second-order valence-electron chi connectivity index (χ2n) is 10.5. The molecule has 2 aromatic carbocycles. The lowest BCUT2D eigenvalue weighted by Crippen LogP contribution is -2.65. The lowest BCUT2D eigenvalue weighted by molar-refractivity contribution is -0.325. The SMILES string of the molecule is COc1ccc(-c2cc(=O)c3c(O)cc(O[C@@H]4OC[C@](O)(CO[C@@H]5OC(C)[C@H](O)[C@H](O)C5O)[C@@H](O)C4O)cc3o2)cc1O. The molecule has 0 aliphatic carbocycles. The van der Waals surface area contributed by atoms with E-state index in [1.165, 1.54) is 32.2 Å². The maximum Gasteiger partial charge on any atom is 0.228 e. The zero-order valence-corrected chi connectivity index (χ0v) is 22.9. The van der Waals surface area contributed by atoms with E-state index in [1.807, 2.05) is 0 Å². The van der Waals surface area contributed by atoms with Gasteiger partial charge in [-0.05, 0) is 25.1 Å². The first-order valence-electron chi connectivity index (χ1n) is 13.2. The molecule has 3 heterocycles. The van der Waals surface area contributed by atoms with Gasteiger partial charge >= 0.3 is 0 Å². The Labute approximate surface area is 243 Å². The lowest BCUT2D eigenvalue weighted by atomic mass is 9.91. The van der Waals surface area contributed by atoms with Gasteiger partial charge in [-0.2, -0.15) is 0 Å². The topological polar surface area (TPSA) is 238 Å². The molecule has 3 unspecified atom stereocenters. The van der Waals surface area contributed by atoms with Crippen LogP contribution in [0, 0.1) is 0 Å². The number of phenolic OH excluding ortho intramolecular Hbond substituents is 2. The number of aliphatic hydroxyl groups is 6. The van der Waals surface area contributed by atoms with Gasteiger partial charge in [0.25, 0.3) is 0 Å². The Morgan fingerprint density at radius 2 is 1.67 bits per heavy atom.